The van der Waals surface area contributed by atoms with Gasteiger partial charge < -0.3 is 10.2 Å². The number of hydrogen-bond donors (Lipinski definition) is 2. The molecule has 0 aromatic heterocycles. The monoisotopic (exact) mass is 334 g/mol. The van der Waals surface area contributed by atoms with E-state index in [1.54, 1.807) is 0 Å². The van der Waals surface area contributed by atoms with Crippen LogP contribution in [0.5, 0.6) is 0 Å². The van der Waals surface area contributed by atoms with E-state index in [0.717, 1.165) is 17.0 Å². The topological polar surface area (TPSA) is 56.7 Å². The van der Waals surface area contributed by atoms with Gasteiger partial charge in [-0.15, -0.1) is 0 Å². The van der Waals surface area contributed by atoms with Gasteiger partial charge in [0, 0.05) is 11.3 Å². The molecule has 3 rings (SSSR count). The second-order valence-electron chi connectivity index (χ2n) is 5.29. The van der Waals surface area contributed by atoms with Crippen LogP contribution in [0.4, 0.5) is 27.6 Å². The summed E-state index contributed by atoms with van der Waals surface area (Å²) >= 11 is 0. The molecule has 124 valence electrons. The molecule has 0 unspecified atom stereocenters. The molecule has 2 aliphatic rings. The van der Waals surface area contributed by atoms with Crippen molar-refractivity contribution in [3.63, 3.8) is 0 Å². The predicted octanol–water partition coefficient (Wildman–Crippen LogP) is 1.54. The predicted molar refractivity (Wildman–Crippen MR) is 71.3 cm³/mol. The maximum atomic E-state index is 13.2. The molecule has 1 aromatic rings. The van der Waals surface area contributed by atoms with Crippen molar-refractivity contribution in [2.24, 2.45) is 5.10 Å². The minimum atomic E-state index is -4.70. The Morgan fingerprint density at radius 3 is 2.43 bits per heavy atom. The number of carbonyl (C=O) groups is 1. The molecule has 0 aliphatic carbocycles. The summed E-state index contributed by atoms with van der Waals surface area (Å²) in [6.07, 6.45) is -4.70. The summed E-state index contributed by atoms with van der Waals surface area (Å²) in [7, 11) is 0. The lowest BCUT2D eigenvalue weighted by Gasteiger charge is -2.41. The molecule has 0 atom stereocenters. The zero-order valence-electron chi connectivity index (χ0n) is 11.5. The van der Waals surface area contributed by atoms with Crippen LogP contribution in [-0.4, -0.2) is 37.3 Å². The zero-order valence-corrected chi connectivity index (χ0v) is 11.5. The highest BCUT2D eigenvalue weighted by atomic mass is 19.4. The van der Waals surface area contributed by atoms with Crippen LogP contribution in [0.1, 0.15) is 11.1 Å². The third kappa shape index (κ3) is 3.06. The van der Waals surface area contributed by atoms with Crippen LogP contribution in [0, 0.1) is 0 Å². The Labute approximate surface area is 127 Å². The number of amidine groups is 1. The van der Waals surface area contributed by atoms with Crippen LogP contribution in [0.3, 0.4) is 0 Å². The fourth-order valence-electron chi connectivity index (χ4n) is 2.40. The quantitative estimate of drug-likeness (QED) is 0.807. The van der Waals surface area contributed by atoms with Crippen molar-refractivity contribution in [3.8, 4) is 0 Å². The fraction of sp³-hybridized carbons (Fsp3) is 0.385. The number of halogens is 5. The van der Waals surface area contributed by atoms with Gasteiger partial charge in [-0.2, -0.15) is 18.3 Å². The van der Waals surface area contributed by atoms with Crippen molar-refractivity contribution in [1.29, 1.82) is 0 Å². The lowest BCUT2D eigenvalue weighted by atomic mass is 10.0. The normalized spacial score (nSPS) is 20.3. The Morgan fingerprint density at radius 2 is 1.91 bits per heavy atom. The van der Waals surface area contributed by atoms with E-state index < -0.39 is 36.7 Å². The van der Waals surface area contributed by atoms with Gasteiger partial charge in [0.1, 0.15) is 0 Å². The minimum absolute atomic E-state index is 0.0792. The standard InChI is InChI=1S/C13H11F5N4O/c14-12(15)5-22(6-12)9-2-1-7(3-8(9)13(16,17)18)11-19-4-10(23)20-21-11/h1-3H,4-6H2,(H,19,21)(H,20,23). The molecular formula is C13H11F5N4O. The maximum absolute atomic E-state index is 13.2. The maximum Gasteiger partial charge on any atom is 0.418 e. The Hall–Kier alpha value is -2.39. The Kier molecular flexibility index (Phi) is 3.42. The lowest BCUT2D eigenvalue weighted by molar-refractivity contribution is -0.137. The molecule has 1 fully saturated rings. The highest BCUT2D eigenvalue weighted by Gasteiger charge is 2.47. The van der Waals surface area contributed by atoms with E-state index in [1.165, 1.54) is 6.07 Å². The SMILES string of the molecule is O=C1CNC(c2ccc(N3CC(F)(F)C3)c(C(F)(F)F)c2)=NN1. The van der Waals surface area contributed by atoms with Crippen molar-refractivity contribution >= 4 is 17.4 Å². The number of anilines is 1. The lowest BCUT2D eigenvalue weighted by Crippen LogP contribution is -2.56. The van der Waals surface area contributed by atoms with Crippen LogP contribution < -0.4 is 15.6 Å². The average molecular weight is 334 g/mol. The molecule has 0 radical (unpaired) electrons. The van der Waals surface area contributed by atoms with E-state index >= 15 is 0 Å². The molecule has 1 saturated heterocycles. The van der Waals surface area contributed by atoms with Crippen LogP contribution in [-0.2, 0) is 11.0 Å². The number of carbonyl (C=O) groups excluding carboxylic acids is 1. The first kappa shape index (κ1) is 15.5. The first-order valence-electron chi connectivity index (χ1n) is 6.60. The van der Waals surface area contributed by atoms with Gasteiger partial charge in [-0.1, -0.05) is 0 Å². The fourth-order valence-corrected chi connectivity index (χ4v) is 2.40. The van der Waals surface area contributed by atoms with Gasteiger partial charge in [0.05, 0.1) is 25.2 Å². The van der Waals surface area contributed by atoms with Crippen LogP contribution in [0.2, 0.25) is 0 Å². The average Bonchev–Trinajstić information content (AvgIpc) is 2.44. The van der Waals surface area contributed by atoms with Gasteiger partial charge >= 0.3 is 6.18 Å². The van der Waals surface area contributed by atoms with Crippen molar-refractivity contribution in [2.45, 2.75) is 12.1 Å². The Morgan fingerprint density at radius 1 is 1.22 bits per heavy atom. The van der Waals surface area contributed by atoms with Gasteiger partial charge in [-0.3, -0.25) is 4.79 Å². The van der Waals surface area contributed by atoms with E-state index in [2.05, 4.69) is 15.8 Å². The first-order chi connectivity index (χ1) is 10.7. The van der Waals surface area contributed by atoms with E-state index in [0.29, 0.717) is 0 Å². The molecular weight excluding hydrogens is 323 g/mol. The van der Waals surface area contributed by atoms with Gasteiger partial charge in [0.2, 0.25) is 0 Å². The summed E-state index contributed by atoms with van der Waals surface area (Å²) in [6.45, 7) is -1.60. The number of benzene rings is 1. The second-order valence-corrected chi connectivity index (χ2v) is 5.29. The number of rotatable bonds is 2. The third-order valence-corrected chi connectivity index (χ3v) is 3.47. The number of alkyl halides is 5. The summed E-state index contributed by atoms with van der Waals surface area (Å²) in [5, 5.41) is 6.23. The van der Waals surface area contributed by atoms with Crippen LogP contribution >= 0.6 is 0 Å². The Bertz CT molecular complexity index is 677. The summed E-state index contributed by atoms with van der Waals surface area (Å²) in [6, 6.07) is 3.30. The van der Waals surface area contributed by atoms with Crippen molar-refractivity contribution in [1.82, 2.24) is 10.7 Å². The molecule has 1 amide bonds. The number of hydrazone groups is 1. The number of hydrogen-bond acceptors (Lipinski definition) is 4. The number of amides is 1. The molecule has 1 aromatic carbocycles. The molecule has 0 saturated carbocycles. The molecule has 0 bridgehead atoms. The highest BCUT2D eigenvalue weighted by Crippen LogP contribution is 2.41. The summed E-state index contributed by atoms with van der Waals surface area (Å²) in [5.74, 6) is -3.30. The van der Waals surface area contributed by atoms with Gasteiger partial charge in [0.25, 0.3) is 11.8 Å². The van der Waals surface area contributed by atoms with Gasteiger partial charge in [0.15, 0.2) is 5.84 Å². The molecule has 0 spiro atoms. The van der Waals surface area contributed by atoms with Crippen molar-refractivity contribution < 1.29 is 26.7 Å². The van der Waals surface area contributed by atoms with Crippen LogP contribution in [0.15, 0.2) is 23.3 Å². The van der Waals surface area contributed by atoms with Crippen molar-refractivity contribution in [2.75, 3.05) is 24.5 Å². The summed E-state index contributed by atoms with van der Waals surface area (Å²) in [5.41, 5.74) is 0.940. The van der Waals surface area contributed by atoms with Gasteiger partial charge in [-0.05, 0) is 18.2 Å². The molecule has 2 aliphatic heterocycles. The number of nitrogens with zero attached hydrogens (tertiary/aromatic N) is 2. The zero-order chi connectivity index (χ0) is 16.8. The van der Waals surface area contributed by atoms with E-state index in [9.17, 15) is 26.7 Å². The summed E-state index contributed by atoms with van der Waals surface area (Å²) in [4.78, 5) is 12.0. The number of nitrogens with one attached hydrogen (secondary N) is 2. The third-order valence-electron chi connectivity index (χ3n) is 3.47. The van der Waals surface area contributed by atoms with Crippen LogP contribution in [0.25, 0.3) is 0 Å². The molecule has 2 N–H and O–H groups in total. The smallest absolute Gasteiger partial charge is 0.359 e. The first-order valence-corrected chi connectivity index (χ1v) is 6.60. The van der Waals surface area contributed by atoms with E-state index in [1.807, 2.05) is 0 Å². The largest absolute Gasteiger partial charge is 0.418 e. The van der Waals surface area contributed by atoms with Gasteiger partial charge in [-0.25, -0.2) is 14.2 Å². The molecule has 23 heavy (non-hydrogen) atoms. The second kappa shape index (κ2) is 5.07. The molecule has 5 nitrogen and oxygen atoms in total. The molecule has 2 heterocycles. The van der Waals surface area contributed by atoms with Crippen molar-refractivity contribution in [3.05, 3.63) is 29.3 Å². The highest BCUT2D eigenvalue weighted by molar-refractivity contribution is 6.03. The van der Waals surface area contributed by atoms with E-state index in [-0.39, 0.29) is 23.6 Å². The van der Waals surface area contributed by atoms with E-state index in [4.69, 9.17) is 0 Å². The summed E-state index contributed by atoms with van der Waals surface area (Å²) < 4.78 is 65.5. The Balaban J connectivity index is 1.95. The molecule has 10 heteroatoms. The minimum Gasteiger partial charge on any atom is -0.359 e.